The van der Waals surface area contributed by atoms with Gasteiger partial charge in [0, 0.05) is 38.3 Å². The van der Waals surface area contributed by atoms with Crippen LogP contribution in [0.25, 0.3) is 0 Å². The smallest absolute Gasteiger partial charge is 0.251 e. The van der Waals surface area contributed by atoms with Gasteiger partial charge < -0.3 is 15.3 Å². The molecule has 1 saturated heterocycles. The molecule has 5 nitrogen and oxygen atoms in total. The lowest BCUT2D eigenvalue weighted by Crippen LogP contribution is -2.50. The SMILES string of the molecule is CN1CCN(Cc2cccc(C(=O)NC(C)(CO)C3CC3)c2)CC1. The summed E-state index contributed by atoms with van der Waals surface area (Å²) in [6.07, 6.45) is 2.17. The highest BCUT2D eigenvalue weighted by Crippen LogP contribution is 2.39. The molecule has 1 unspecified atom stereocenters. The van der Waals surface area contributed by atoms with Crippen molar-refractivity contribution in [3.63, 3.8) is 0 Å². The van der Waals surface area contributed by atoms with Crippen molar-refractivity contribution < 1.29 is 9.90 Å². The third-order valence-electron chi connectivity index (χ3n) is 5.40. The van der Waals surface area contributed by atoms with Gasteiger partial charge in [0.2, 0.25) is 0 Å². The summed E-state index contributed by atoms with van der Waals surface area (Å²) in [5.41, 5.74) is 1.36. The van der Waals surface area contributed by atoms with Crippen LogP contribution in [0.1, 0.15) is 35.7 Å². The van der Waals surface area contributed by atoms with Crippen LogP contribution in [-0.2, 0) is 6.54 Å². The quantitative estimate of drug-likeness (QED) is 0.826. The Balaban J connectivity index is 1.63. The van der Waals surface area contributed by atoms with Crippen molar-refractivity contribution in [2.75, 3.05) is 39.8 Å². The Labute approximate surface area is 144 Å². The van der Waals surface area contributed by atoms with E-state index < -0.39 is 5.54 Å². The topological polar surface area (TPSA) is 55.8 Å². The highest BCUT2D eigenvalue weighted by Gasteiger charge is 2.42. The minimum absolute atomic E-state index is 0.00953. The number of hydrogen-bond acceptors (Lipinski definition) is 4. The van der Waals surface area contributed by atoms with Gasteiger partial charge in [-0.25, -0.2) is 0 Å². The molecule has 2 fully saturated rings. The fraction of sp³-hybridized carbons (Fsp3) is 0.632. The number of carbonyl (C=O) groups is 1. The van der Waals surface area contributed by atoms with Crippen molar-refractivity contribution in [3.05, 3.63) is 35.4 Å². The van der Waals surface area contributed by atoms with E-state index in [2.05, 4.69) is 28.2 Å². The van der Waals surface area contributed by atoms with E-state index in [9.17, 15) is 9.90 Å². The molecule has 1 aliphatic carbocycles. The molecule has 1 atom stereocenters. The predicted molar refractivity (Wildman–Crippen MR) is 94.9 cm³/mol. The molecule has 0 spiro atoms. The second kappa shape index (κ2) is 7.21. The summed E-state index contributed by atoms with van der Waals surface area (Å²) in [5, 5.41) is 12.7. The van der Waals surface area contributed by atoms with Crippen LogP contribution in [0, 0.1) is 5.92 Å². The highest BCUT2D eigenvalue weighted by molar-refractivity contribution is 5.94. The second-order valence-corrected chi connectivity index (χ2v) is 7.58. The summed E-state index contributed by atoms with van der Waals surface area (Å²) in [5.74, 6) is 0.318. The number of nitrogens with zero attached hydrogens (tertiary/aromatic N) is 2. The van der Waals surface area contributed by atoms with Gasteiger partial charge in [-0.05, 0) is 50.4 Å². The number of carbonyl (C=O) groups excluding carboxylic acids is 1. The first-order valence-corrected chi connectivity index (χ1v) is 8.93. The zero-order valence-corrected chi connectivity index (χ0v) is 14.8. The van der Waals surface area contributed by atoms with Gasteiger partial charge in [-0.15, -0.1) is 0 Å². The molecule has 0 aromatic heterocycles. The third kappa shape index (κ3) is 4.15. The van der Waals surface area contributed by atoms with Crippen LogP contribution in [-0.4, -0.2) is 66.2 Å². The van der Waals surface area contributed by atoms with Gasteiger partial charge in [-0.1, -0.05) is 12.1 Å². The Kier molecular flexibility index (Phi) is 5.23. The maximum atomic E-state index is 12.6. The van der Waals surface area contributed by atoms with Crippen LogP contribution in [0.5, 0.6) is 0 Å². The molecule has 1 saturated carbocycles. The Bertz CT molecular complexity index is 580. The van der Waals surface area contributed by atoms with E-state index in [1.807, 2.05) is 25.1 Å². The molecule has 2 aliphatic rings. The summed E-state index contributed by atoms with van der Waals surface area (Å²) in [4.78, 5) is 17.4. The van der Waals surface area contributed by atoms with Crippen molar-refractivity contribution in [2.45, 2.75) is 31.8 Å². The van der Waals surface area contributed by atoms with Gasteiger partial charge in [-0.3, -0.25) is 9.69 Å². The van der Waals surface area contributed by atoms with E-state index in [1.165, 1.54) is 5.56 Å². The number of piperazine rings is 1. The first kappa shape index (κ1) is 17.4. The van der Waals surface area contributed by atoms with E-state index in [0.717, 1.165) is 45.6 Å². The molecule has 1 heterocycles. The molecule has 2 N–H and O–H groups in total. The summed E-state index contributed by atoms with van der Waals surface area (Å²) >= 11 is 0. The summed E-state index contributed by atoms with van der Waals surface area (Å²) in [6.45, 7) is 7.14. The van der Waals surface area contributed by atoms with Crippen LogP contribution >= 0.6 is 0 Å². The molecular formula is C19H29N3O2. The van der Waals surface area contributed by atoms with Gasteiger partial charge in [0.25, 0.3) is 5.91 Å². The normalized spacial score (nSPS) is 22.1. The van der Waals surface area contributed by atoms with Crippen molar-refractivity contribution >= 4 is 5.91 Å². The molecule has 1 aromatic carbocycles. The Morgan fingerprint density at radius 1 is 1.29 bits per heavy atom. The Morgan fingerprint density at radius 3 is 2.62 bits per heavy atom. The van der Waals surface area contributed by atoms with Gasteiger partial charge in [0.15, 0.2) is 0 Å². The second-order valence-electron chi connectivity index (χ2n) is 7.58. The first-order valence-electron chi connectivity index (χ1n) is 8.93. The minimum Gasteiger partial charge on any atom is -0.394 e. The lowest BCUT2D eigenvalue weighted by molar-refractivity contribution is 0.0824. The molecule has 0 bridgehead atoms. The van der Waals surface area contributed by atoms with E-state index in [1.54, 1.807) is 0 Å². The molecule has 1 amide bonds. The summed E-state index contributed by atoms with van der Waals surface area (Å²) in [6, 6.07) is 7.88. The van der Waals surface area contributed by atoms with Gasteiger partial charge in [0.1, 0.15) is 0 Å². The zero-order chi connectivity index (χ0) is 17.2. The average Bonchev–Trinajstić information content (AvgIpc) is 3.42. The predicted octanol–water partition coefficient (Wildman–Crippen LogP) is 1.32. The molecule has 132 valence electrons. The lowest BCUT2D eigenvalue weighted by atomic mass is 9.96. The summed E-state index contributed by atoms with van der Waals surface area (Å²) < 4.78 is 0. The fourth-order valence-corrected chi connectivity index (χ4v) is 3.40. The van der Waals surface area contributed by atoms with Crippen LogP contribution in [0.4, 0.5) is 0 Å². The maximum Gasteiger partial charge on any atom is 0.251 e. The molecule has 0 radical (unpaired) electrons. The largest absolute Gasteiger partial charge is 0.394 e. The van der Waals surface area contributed by atoms with Gasteiger partial charge in [0.05, 0.1) is 12.1 Å². The molecule has 5 heteroatoms. The standard InChI is InChI=1S/C19H29N3O2/c1-19(14-23,17-6-7-17)20-18(24)16-5-3-4-15(12-16)13-22-10-8-21(2)9-11-22/h3-5,12,17,23H,6-11,13-14H2,1-2H3,(H,20,24). The number of benzene rings is 1. The van der Waals surface area contributed by atoms with Crippen molar-refractivity contribution in [2.24, 2.45) is 5.92 Å². The first-order chi connectivity index (χ1) is 11.5. The van der Waals surface area contributed by atoms with E-state index in [0.29, 0.717) is 11.5 Å². The third-order valence-corrected chi connectivity index (χ3v) is 5.40. The number of hydrogen-bond donors (Lipinski definition) is 2. The number of aliphatic hydroxyl groups excluding tert-OH is 1. The van der Waals surface area contributed by atoms with Gasteiger partial charge >= 0.3 is 0 Å². The molecule has 1 aliphatic heterocycles. The van der Waals surface area contributed by atoms with Crippen molar-refractivity contribution in [1.29, 1.82) is 0 Å². The molecular weight excluding hydrogens is 302 g/mol. The highest BCUT2D eigenvalue weighted by atomic mass is 16.3. The Morgan fingerprint density at radius 2 is 2.00 bits per heavy atom. The average molecular weight is 331 g/mol. The van der Waals surface area contributed by atoms with E-state index in [-0.39, 0.29) is 12.5 Å². The number of amides is 1. The van der Waals surface area contributed by atoms with E-state index in [4.69, 9.17) is 0 Å². The van der Waals surface area contributed by atoms with Crippen LogP contribution in [0.15, 0.2) is 24.3 Å². The fourth-order valence-electron chi connectivity index (χ4n) is 3.40. The lowest BCUT2D eigenvalue weighted by Gasteiger charge is -2.32. The zero-order valence-electron chi connectivity index (χ0n) is 14.8. The number of nitrogens with one attached hydrogen (secondary N) is 1. The van der Waals surface area contributed by atoms with Crippen LogP contribution in [0.2, 0.25) is 0 Å². The summed E-state index contributed by atoms with van der Waals surface area (Å²) in [7, 11) is 2.15. The van der Waals surface area contributed by atoms with Crippen molar-refractivity contribution in [3.8, 4) is 0 Å². The monoisotopic (exact) mass is 331 g/mol. The minimum atomic E-state index is -0.495. The Hall–Kier alpha value is -1.43. The van der Waals surface area contributed by atoms with E-state index >= 15 is 0 Å². The number of aliphatic hydroxyl groups is 1. The van der Waals surface area contributed by atoms with Crippen molar-refractivity contribution in [1.82, 2.24) is 15.1 Å². The molecule has 3 rings (SSSR count). The van der Waals surface area contributed by atoms with Gasteiger partial charge in [-0.2, -0.15) is 0 Å². The molecule has 1 aromatic rings. The molecule has 24 heavy (non-hydrogen) atoms. The maximum absolute atomic E-state index is 12.6. The number of rotatable bonds is 6. The van der Waals surface area contributed by atoms with Crippen LogP contribution < -0.4 is 5.32 Å². The number of likely N-dealkylation sites (N-methyl/N-ethyl adjacent to an activating group) is 1. The van der Waals surface area contributed by atoms with Crippen LogP contribution in [0.3, 0.4) is 0 Å².